The highest BCUT2D eigenvalue weighted by molar-refractivity contribution is 5.79. The summed E-state index contributed by atoms with van der Waals surface area (Å²) in [5.41, 5.74) is 1.90. The second-order valence-electron chi connectivity index (χ2n) is 7.63. The summed E-state index contributed by atoms with van der Waals surface area (Å²) in [5, 5.41) is 0. The van der Waals surface area contributed by atoms with E-state index in [0.717, 1.165) is 24.1 Å². The van der Waals surface area contributed by atoms with E-state index >= 15 is 0 Å². The Morgan fingerprint density at radius 3 is 2.59 bits per heavy atom. The lowest BCUT2D eigenvalue weighted by Gasteiger charge is -2.32. The van der Waals surface area contributed by atoms with Gasteiger partial charge < -0.3 is 19.4 Å². The molecule has 166 valence electrons. The Balaban J connectivity index is 1.41. The molecular weight excluding hydrogens is 410 g/mol. The maximum absolute atomic E-state index is 12.8. The Hall–Kier alpha value is -3.75. The van der Waals surface area contributed by atoms with Crippen LogP contribution < -0.4 is 15.0 Å². The molecule has 1 saturated heterocycles. The van der Waals surface area contributed by atoms with Gasteiger partial charge in [0.15, 0.2) is 17.3 Å². The van der Waals surface area contributed by atoms with E-state index in [9.17, 15) is 9.59 Å². The number of hydrogen-bond donors (Lipinski definition) is 1. The van der Waals surface area contributed by atoms with Gasteiger partial charge in [-0.2, -0.15) is 0 Å². The van der Waals surface area contributed by atoms with Crippen molar-refractivity contribution in [3.63, 3.8) is 0 Å². The van der Waals surface area contributed by atoms with Crippen LogP contribution in [-0.4, -0.2) is 58.1 Å². The number of aromatic amines is 1. The van der Waals surface area contributed by atoms with E-state index in [4.69, 9.17) is 9.47 Å². The fraction of sp³-hybridized carbons (Fsp3) is 0.348. The molecule has 0 aliphatic carbocycles. The van der Waals surface area contributed by atoms with Crippen molar-refractivity contribution in [1.82, 2.24) is 24.8 Å². The zero-order valence-electron chi connectivity index (χ0n) is 18.1. The van der Waals surface area contributed by atoms with Crippen molar-refractivity contribution in [2.45, 2.75) is 25.2 Å². The lowest BCUT2D eigenvalue weighted by Crippen LogP contribution is -2.39. The van der Waals surface area contributed by atoms with Crippen LogP contribution in [-0.2, 0) is 11.2 Å². The van der Waals surface area contributed by atoms with Gasteiger partial charge in [0.2, 0.25) is 5.91 Å². The molecule has 0 bridgehead atoms. The minimum Gasteiger partial charge on any atom is -0.493 e. The molecule has 32 heavy (non-hydrogen) atoms. The smallest absolute Gasteiger partial charge is 0.251 e. The van der Waals surface area contributed by atoms with Crippen molar-refractivity contribution in [3.8, 4) is 23.0 Å². The number of aromatic nitrogens is 4. The summed E-state index contributed by atoms with van der Waals surface area (Å²) in [4.78, 5) is 42.4. The number of nitrogens with zero attached hydrogens (tertiary/aromatic N) is 4. The number of rotatable bonds is 6. The molecular formula is C23H25N5O4. The number of H-pyrrole nitrogens is 1. The molecule has 1 aromatic carbocycles. The summed E-state index contributed by atoms with van der Waals surface area (Å²) in [5.74, 6) is 1.83. The van der Waals surface area contributed by atoms with Crippen molar-refractivity contribution in [2.75, 3.05) is 27.3 Å². The summed E-state index contributed by atoms with van der Waals surface area (Å²) in [6.07, 6.45) is 6.48. The number of hydrogen-bond acceptors (Lipinski definition) is 7. The molecule has 9 heteroatoms. The number of amides is 1. The first-order valence-electron chi connectivity index (χ1n) is 10.4. The van der Waals surface area contributed by atoms with Crippen LogP contribution in [0, 0.1) is 0 Å². The third kappa shape index (κ3) is 4.77. The van der Waals surface area contributed by atoms with Crippen LogP contribution in [0.4, 0.5) is 0 Å². The van der Waals surface area contributed by atoms with E-state index in [1.165, 1.54) is 6.07 Å². The van der Waals surface area contributed by atoms with Crippen LogP contribution >= 0.6 is 0 Å². The SMILES string of the molecule is COc1ccc(CC(=O)N2CCC(c3cc(=O)[nH]c(-c4cnccn4)n3)CC2)cc1OC. The lowest BCUT2D eigenvalue weighted by molar-refractivity contribution is -0.131. The van der Waals surface area contributed by atoms with E-state index in [1.807, 2.05) is 17.0 Å². The van der Waals surface area contributed by atoms with Crippen molar-refractivity contribution in [1.29, 1.82) is 0 Å². The second-order valence-corrected chi connectivity index (χ2v) is 7.63. The van der Waals surface area contributed by atoms with Crippen LogP contribution in [0.25, 0.3) is 11.5 Å². The summed E-state index contributed by atoms with van der Waals surface area (Å²) in [7, 11) is 3.16. The standard InChI is InChI=1S/C23H25N5O4/c1-31-19-4-3-15(11-20(19)32-2)12-22(30)28-9-5-16(6-10-28)17-13-21(29)27-23(26-17)18-14-24-7-8-25-18/h3-4,7-8,11,13-14,16H,5-6,9-10,12H2,1-2H3,(H,26,27,29). The van der Waals surface area contributed by atoms with E-state index in [2.05, 4.69) is 19.9 Å². The summed E-state index contributed by atoms with van der Waals surface area (Å²) >= 11 is 0. The molecule has 0 atom stereocenters. The van der Waals surface area contributed by atoms with E-state index in [-0.39, 0.29) is 17.4 Å². The number of carbonyl (C=O) groups excluding carboxylic acids is 1. The predicted octanol–water partition coefficient (Wildman–Crippen LogP) is 2.19. The summed E-state index contributed by atoms with van der Waals surface area (Å²) < 4.78 is 10.6. The average molecular weight is 435 g/mol. The molecule has 9 nitrogen and oxygen atoms in total. The number of carbonyl (C=O) groups is 1. The van der Waals surface area contributed by atoms with Crippen LogP contribution in [0.2, 0.25) is 0 Å². The van der Waals surface area contributed by atoms with Gasteiger partial charge in [0.1, 0.15) is 5.69 Å². The molecule has 1 amide bonds. The molecule has 0 spiro atoms. The molecule has 4 rings (SSSR count). The molecule has 0 saturated carbocycles. The number of piperidine rings is 1. The maximum Gasteiger partial charge on any atom is 0.251 e. The molecule has 1 aliphatic heterocycles. The zero-order valence-corrected chi connectivity index (χ0v) is 18.1. The number of ether oxygens (including phenoxy) is 2. The Morgan fingerprint density at radius 1 is 1.12 bits per heavy atom. The molecule has 0 radical (unpaired) electrons. The van der Waals surface area contributed by atoms with E-state index in [1.54, 1.807) is 38.9 Å². The van der Waals surface area contributed by atoms with Crippen molar-refractivity contribution < 1.29 is 14.3 Å². The Bertz CT molecular complexity index is 1140. The Kier molecular flexibility index (Phi) is 6.44. The molecule has 2 aromatic heterocycles. The highest BCUT2D eigenvalue weighted by atomic mass is 16.5. The van der Waals surface area contributed by atoms with Gasteiger partial charge in [0.25, 0.3) is 5.56 Å². The quantitative estimate of drug-likeness (QED) is 0.632. The van der Waals surface area contributed by atoms with E-state index < -0.39 is 0 Å². The molecule has 1 fully saturated rings. The van der Waals surface area contributed by atoms with Gasteiger partial charge in [-0.15, -0.1) is 0 Å². The third-order valence-electron chi connectivity index (χ3n) is 5.64. The molecule has 3 aromatic rings. The van der Waals surface area contributed by atoms with Gasteiger partial charge >= 0.3 is 0 Å². The normalized spacial score (nSPS) is 14.2. The second kappa shape index (κ2) is 9.59. The third-order valence-corrected chi connectivity index (χ3v) is 5.64. The Labute approximate surface area is 185 Å². The molecule has 1 aliphatic rings. The van der Waals surface area contributed by atoms with Gasteiger partial charge in [-0.3, -0.25) is 14.6 Å². The van der Waals surface area contributed by atoms with Crippen molar-refractivity contribution in [3.05, 3.63) is 64.5 Å². The average Bonchev–Trinajstić information content (AvgIpc) is 2.84. The Morgan fingerprint density at radius 2 is 1.91 bits per heavy atom. The monoisotopic (exact) mass is 435 g/mol. The minimum absolute atomic E-state index is 0.0646. The number of likely N-dealkylation sites (tertiary alicyclic amines) is 1. The van der Waals surface area contributed by atoms with Gasteiger partial charge in [0, 0.05) is 37.5 Å². The zero-order chi connectivity index (χ0) is 22.5. The molecule has 1 N–H and O–H groups in total. The van der Waals surface area contributed by atoms with Crippen molar-refractivity contribution in [2.24, 2.45) is 0 Å². The fourth-order valence-electron chi connectivity index (χ4n) is 3.93. The van der Waals surface area contributed by atoms with Crippen LogP contribution in [0.1, 0.15) is 30.0 Å². The topological polar surface area (TPSA) is 110 Å². The van der Waals surface area contributed by atoms with Crippen LogP contribution in [0.15, 0.2) is 47.7 Å². The largest absolute Gasteiger partial charge is 0.493 e. The summed E-state index contributed by atoms with van der Waals surface area (Å²) in [6.45, 7) is 1.23. The number of benzene rings is 1. The highest BCUT2D eigenvalue weighted by Crippen LogP contribution is 2.29. The van der Waals surface area contributed by atoms with Gasteiger partial charge in [-0.05, 0) is 30.5 Å². The minimum atomic E-state index is -0.220. The first-order chi connectivity index (χ1) is 15.6. The first-order valence-corrected chi connectivity index (χ1v) is 10.4. The van der Waals surface area contributed by atoms with Crippen molar-refractivity contribution >= 4 is 5.91 Å². The maximum atomic E-state index is 12.8. The lowest BCUT2D eigenvalue weighted by atomic mass is 9.93. The molecule has 3 heterocycles. The molecule has 0 unspecified atom stereocenters. The summed E-state index contributed by atoms with van der Waals surface area (Å²) in [6, 6.07) is 7.05. The predicted molar refractivity (Wildman–Crippen MR) is 118 cm³/mol. The van der Waals surface area contributed by atoms with Gasteiger partial charge in [0.05, 0.1) is 32.5 Å². The van der Waals surface area contributed by atoms with E-state index in [0.29, 0.717) is 42.5 Å². The first kappa shape index (κ1) is 21.5. The van der Waals surface area contributed by atoms with Crippen LogP contribution in [0.5, 0.6) is 11.5 Å². The van der Waals surface area contributed by atoms with Gasteiger partial charge in [-0.25, -0.2) is 9.97 Å². The highest BCUT2D eigenvalue weighted by Gasteiger charge is 2.25. The number of nitrogens with one attached hydrogen (secondary N) is 1. The fourth-order valence-corrected chi connectivity index (χ4v) is 3.93. The van der Waals surface area contributed by atoms with Crippen LogP contribution in [0.3, 0.4) is 0 Å². The number of methoxy groups -OCH3 is 2. The van der Waals surface area contributed by atoms with Gasteiger partial charge in [-0.1, -0.05) is 6.07 Å².